The second-order valence-corrected chi connectivity index (χ2v) is 4.91. The predicted octanol–water partition coefficient (Wildman–Crippen LogP) is 1.82. The van der Waals surface area contributed by atoms with E-state index in [2.05, 4.69) is 60.4 Å². The molecule has 0 aromatic heterocycles. The zero-order chi connectivity index (χ0) is 13.2. The molecule has 19 heavy (non-hydrogen) atoms. The lowest BCUT2D eigenvalue weighted by molar-refractivity contribution is 0.253. The van der Waals surface area contributed by atoms with E-state index in [0.29, 0.717) is 0 Å². The van der Waals surface area contributed by atoms with Gasteiger partial charge in [-0.15, -0.1) is 0 Å². The second-order valence-electron chi connectivity index (χ2n) is 4.91. The van der Waals surface area contributed by atoms with Crippen molar-refractivity contribution in [2.24, 2.45) is 0 Å². The third-order valence-corrected chi connectivity index (χ3v) is 3.00. The molecule has 4 nitrogen and oxygen atoms in total. The van der Waals surface area contributed by atoms with Crippen LogP contribution >= 0.6 is 0 Å². The fraction of sp³-hybridized carbons (Fsp3) is 0.600. The first-order valence-electron chi connectivity index (χ1n) is 6.84. The van der Waals surface area contributed by atoms with Crippen molar-refractivity contribution in [1.82, 2.24) is 21.3 Å². The van der Waals surface area contributed by atoms with Crippen LogP contribution in [0.15, 0.2) is 30.3 Å². The summed E-state index contributed by atoms with van der Waals surface area (Å²) in [4.78, 5) is 4.62. The molecule has 0 bridgehead atoms. The summed E-state index contributed by atoms with van der Waals surface area (Å²) in [7, 11) is 4.15. The Kier molecular flexibility index (Phi) is 10.4. The molecule has 0 spiro atoms. The third kappa shape index (κ3) is 8.72. The van der Waals surface area contributed by atoms with E-state index < -0.39 is 0 Å². The van der Waals surface area contributed by atoms with Crippen molar-refractivity contribution in [1.29, 1.82) is 0 Å². The first-order valence-corrected chi connectivity index (χ1v) is 6.84. The summed E-state index contributed by atoms with van der Waals surface area (Å²) >= 11 is 0. The number of hydrogen-bond donors (Lipinski definition) is 2. The number of rotatable bonds is 3. The van der Waals surface area contributed by atoms with E-state index in [0.717, 1.165) is 6.54 Å². The molecule has 0 saturated carbocycles. The molecule has 4 heteroatoms. The lowest BCUT2D eigenvalue weighted by Crippen LogP contribution is -2.43. The van der Waals surface area contributed by atoms with Gasteiger partial charge in [0, 0.05) is 32.7 Å². The van der Waals surface area contributed by atoms with Crippen LogP contribution in [0.25, 0.3) is 0 Å². The highest BCUT2D eigenvalue weighted by molar-refractivity contribution is 5.14. The Morgan fingerprint density at radius 1 is 1.11 bits per heavy atom. The normalized spacial score (nSPS) is 15.4. The topological polar surface area (TPSA) is 53.5 Å². The Bertz CT molecular complexity index is 294. The van der Waals surface area contributed by atoms with Gasteiger partial charge >= 0.3 is 0 Å². The fourth-order valence-electron chi connectivity index (χ4n) is 1.98. The summed E-state index contributed by atoms with van der Waals surface area (Å²) in [5, 5.41) is 3.31. The minimum Gasteiger partial charge on any atom is -0.344 e. The van der Waals surface area contributed by atoms with Crippen LogP contribution in [-0.2, 0) is 6.54 Å². The molecule has 0 amide bonds. The van der Waals surface area contributed by atoms with Crippen molar-refractivity contribution in [3.05, 3.63) is 35.9 Å². The fourth-order valence-corrected chi connectivity index (χ4v) is 1.98. The standard InChI is InChI=1S/C9H13N.C6H14N2.H3N/c1-10(2)8-9-6-4-3-5-7-9;1-2-8-5-3-7-4-6-8;/h3-7H,8H2,1-2H3;7H,2-6H2,1H3;1H3. The number of benzene rings is 1. The van der Waals surface area contributed by atoms with Gasteiger partial charge in [0.25, 0.3) is 0 Å². The van der Waals surface area contributed by atoms with Crippen LogP contribution in [0.3, 0.4) is 0 Å². The highest BCUT2D eigenvalue weighted by Gasteiger charge is 2.04. The van der Waals surface area contributed by atoms with Crippen molar-refractivity contribution in [2.45, 2.75) is 13.5 Å². The van der Waals surface area contributed by atoms with E-state index in [4.69, 9.17) is 0 Å². The van der Waals surface area contributed by atoms with Gasteiger partial charge < -0.3 is 21.3 Å². The van der Waals surface area contributed by atoms with Gasteiger partial charge in [0.15, 0.2) is 0 Å². The molecule has 1 fully saturated rings. The lowest BCUT2D eigenvalue weighted by Gasteiger charge is -2.25. The van der Waals surface area contributed by atoms with Crippen LogP contribution in [0.2, 0.25) is 0 Å². The Balaban J connectivity index is 0.000000331. The van der Waals surface area contributed by atoms with Gasteiger partial charge in [-0.25, -0.2) is 0 Å². The van der Waals surface area contributed by atoms with E-state index in [-0.39, 0.29) is 6.15 Å². The summed E-state index contributed by atoms with van der Waals surface area (Å²) in [5.41, 5.74) is 1.37. The summed E-state index contributed by atoms with van der Waals surface area (Å²) in [6.45, 7) is 9.27. The van der Waals surface area contributed by atoms with Gasteiger partial charge in [-0.3, -0.25) is 0 Å². The van der Waals surface area contributed by atoms with Gasteiger partial charge in [0.2, 0.25) is 0 Å². The molecule has 1 aliphatic heterocycles. The molecule has 0 atom stereocenters. The van der Waals surface area contributed by atoms with Gasteiger partial charge in [-0.05, 0) is 26.2 Å². The first-order chi connectivity index (χ1) is 8.72. The highest BCUT2D eigenvalue weighted by Crippen LogP contribution is 1.99. The van der Waals surface area contributed by atoms with Crippen LogP contribution < -0.4 is 11.5 Å². The van der Waals surface area contributed by atoms with Crippen molar-refractivity contribution in [3.8, 4) is 0 Å². The molecule has 0 unspecified atom stereocenters. The van der Waals surface area contributed by atoms with Gasteiger partial charge in [-0.1, -0.05) is 37.3 Å². The molecule has 1 aromatic rings. The van der Waals surface area contributed by atoms with Crippen LogP contribution in [0, 0.1) is 0 Å². The minimum absolute atomic E-state index is 0. The Labute approximate surface area is 118 Å². The molecule has 1 saturated heterocycles. The zero-order valence-corrected chi connectivity index (χ0v) is 12.7. The second kappa shape index (κ2) is 10.9. The summed E-state index contributed by atoms with van der Waals surface area (Å²) in [5.74, 6) is 0. The zero-order valence-electron chi connectivity index (χ0n) is 12.7. The SMILES string of the molecule is CCN1CCNCC1.CN(C)Cc1ccccc1.N. The summed E-state index contributed by atoms with van der Waals surface area (Å²) in [6, 6.07) is 10.5. The van der Waals surface area contributed by atoms with Crippen molar-refractivity contribution < 1.29 is 0 Å². The van der Waals surface area contributed by atoms with E-state index >= 15 is 0 Å². The van der Waals surface area contributed by atoms with Crippen LogP contribution in [0.1, 0.15) is 12.5 Å². The molecule has 110 valence electrons. The van der Waals surface area contributed by atoms with E-state index in [1.165, 1.54) is 38.3 Å². The first kappa shape index (κ1) is 18.1. The van der Waals surface area contributed by atoms with Crippen molar-refractivity contribution >= 4 is 0 Å². The number of nitrogens with zero attached hydrogens (tertiary/aromatic N) is 2. The van der Waals surface area contributed by atoms with E-state index in [9.17, 15) is 0 Å². The van der Waals surface area contributed by atoms with E-state index in [1.54, 1.807) is 0 Å². The number of hydrogen-bond acceptors (Lipinski definition) is 4. The monoisotopic (exact) mass is 266 g/mol. The van der Waals surface area contributed by atoms with Crippen LogP contribution in [0.4, 0.5) is 0 Å². The molecule has 0 aliphatic carbocycles. The highest BCUT2D eigenvalue weighted by atomic mass is 15.2. The molecular weight excluding hydrogens is 236 g/mol. The minimum atomic E-state index is 0. The predicted molar refractivity (Wildman–Crippen MR) is 83.8 cm³/mol. The molecule has 1 heterocycles. The lowest BCUT2D eigenvalue weighted by atomic mass is 10.2. The number of piperazine rings is 1. The van der Waals surface area contributed by atoms with Crippen molar-refractivity contribution in [2.75, 3.05) is 46.8 Å². The Hall–Kier alpha value is -0.940. The quantitative estimate of drug-likeness (QED) is 0.876. The Morgan fingerprint density at radius 3 is 2.11 bits per heavy atom. The largest absolute Gasteiger partial charge is 0.344 e. The average molecular weight is 266 g/mol. The van der Waals surface area contributed by atoms with Crippen molar-refractivity contribution in [3.63, 3.8) is 0 Å². The summed E-state index contributed by atoms with van der Waals surface area (Å²) < 4.78 is 0. The maximum atomic E-state index is 3.31. The summed E-state index contributed by atoms with van der Waals surface area (Å²) in [6.07, 6.45) is 0. The molecule has 1 aromatic carbocycles. The van der Waals surface area contributed by atoms with Crippen LogP contribution in [-0.4, -0.2) is 56.6 Å². The van der Waals surface area contributed by atoms with Gasteiger partial charge in [0.05, 0.1) is 0 Å². The maximum Gasteiger partial charge on any atom is 0.0227 e. The molecule has 2 rings (SSSR count). The number of nitrogens with one attached hydrogen (secondary N) is 1. The Morgan fingerprint density at radius 2 is 1.68 bits per heavy atom. The van der Waals surface area contributed by atoms with Gasteiger partial charge in [-0.2, -0.15) is 0 Å². The molecular formula is C15H30N4. The molecule has 0 radical (unpaired) electrons. The average Bonchev–Trinajstić information content (AvgIpc) is 2.41. The maximum absolute atomic E-state index is 3.31. The third-order valence-electron chi connectivity index (χ3n) is 3.00. The smallest absolute Gasteiger partial charge is 0.0227 e. The van der Waals surface area contributed by atoms with E-state index in [1.807, 2.05) is 6.07 Å². The number of likely N-dealkylation sites (N-methyl/N-ethyl adjacent to an activating group) is 1. The van der Waals surface area contributed by atoms with Gasteiger partial charge in [0.1, 0.15) is 0 Å². The molecule has 4 N–H and O–H groups in total. The molecule has 1 aliphatic rings. The van der Waals surface area contributed by atoms with Crippen LogP contribution in [0.5, 0.6) is 0 Å².